The molecule has 0 amide bonds. The van der Waals surface area contributed by atoms with Gasteiger partial charge in [0.1, 0.15) is 0 Å². The van der Waals surface area contributed by atoms with Gasteiger partial charge in [0, 0.05) is 25.8 Å². The SMILES string of the molecule is CCN(CC)CCNCCn1cc(C)cn1. The molecule has 0 aromatic carbocycles. The molecule has 92 valence electrons. The first kappa shape index (κ1) is 13.2. The number of aryl methyl sites for hydroxylation is 1. The predicted molar refractivity (Wildman–Crippen MR) is 67.6 cm³/mol. The Morgan fingerprint density at radius 2 is 2.06 bits per heavy atom. The van der Waals surface area contributed by atoms with E-state index in [9.17, 15) is 0 Å². The van der Waals surface area contributed by atoms with E-state index in [1.807, 2.05) is 10.9 Å². The quantitative estimate of drug-likeness (QED) is 0.672. The molecule has 4 nitrogen and oxygen atoms in total. The van der Waals surface area contributed by atoms with Gasteiger partial charge < -0.3 is 10.2 Å². The molecule has 0 saturated heterocycles. The fourth-order valence-electron chi connectivity index (χ4n) is 1.68. The van der Waals surface area contributed by atoms with Gasteiger partial charge in [-0.15, -0.1) is 0 Å². The highest BCUT2D eigenvalue weighted by Crippen LogP contribution is 1.92. The number of hydrogen-bond acceptors (Lipinski definition) is 3. The molecular weight excluding hydrogens is 200 g/mol. The minimum absolute atomic E-state index is 0.950. The van der Waals surface area contributed by atoms with Crippen LogP contribution in [0.1, 0.15) is 19.4 Å². The average Bonchev–Trinajstić information content (AvgIpc) is 2.70. The molecule has 1 aromatic rings. The van der Waals surface area contributed by atoms with Gasteiger partial charge in [-0.1, -0.05) is 13.8 Å². The van der Waals surface area contributed by atoms with Crippen LogP contribution in [0, 0.1) is 6.92 Å². The highest BCUT2D eigenvalue weighted by molar-refractivity contribution is 4.99. The molecule has 1 N–H and O–H groups in total. The largest absolute Gasteiger partial charge is 0.314 e. The Morgan fingerprint density at radius 1 is 1.31 bits per heavy atom. The standard InChI is InChI=1S/C12H24N4/c1-4-15(5-2)8-6-13-7-9-16-11-12(3)10-14-16/h10-11,13H,4-9H2,1-3H3. The van der Waals surface area contributed by atoms with E-state index >= 15 is 0 Å². The molecular formula is C12H24N4. The molecule has 4 heteroatoms. The maximum absolute atomic E-state index is 4.25. The molecule has 0 spiro atoms. The molecule has 0 bridgehead atoms. The zero-order valence-electron chi connectivity index (χ0n) is 10.7. The normalized spacial score (nSPS) is 11.2. The molecule has 0 aliphatic heterocycles. The van der Waals surface area contributed by atoms with E-state index in [4.69, 9.17) is 0 Å². The number of hydrogen-bond donors (Lipinski definition) is 1. The summed E-state index contributed by atoms with van der Waals surface area (Å²) in [6.07, 6.45) is 3.97. The van der Waals surface area contributed by atoms with Crippen molar-refractivity contribution in [3.63, 3.8) is 0 Å². The van der Waals surface area contributed by atoms with Gasteiger partial charge in [-0.05, 0) is 25.6 Å². The lowest BCUT2D eigenvalue weighted by Crippen LogP contribution is -2.33. The summed E-state index contributed by atoms with van der Waals surface area (Å²) in [6, 6.07) is 0. The fraction of sp³-hybridized carbons (Fsp3) is 0.750. The summed E-state index contributed by atoms with van der Waals surface area (Å²) < 4.78 is 1.99. The first-order valence-electron chi connectivity index (χ1n) is 6.18. The summed E-state index contributed by atoms with van der Waals surface area (Å²) in [7, 11) is 0. The second-order valence-corrected chi connectivity index (χ2v) is 4.06. The van der Waals surface area contributed by atoms with E-state index in [1.165, 1.54) is 5.56 Å². The van der Waals surface area contributed by atoms with Crippen LogP contribution in [0.25, 0.3) is 0 Å². The topological polar surface area (TPSA) is 33.1 Å². The van der Waals surface area contributed by atoms with Crippen molar-refractivity contribution in [3.05, 3.63) is 18.0 Å². The van der Waals surface area contributed by atoms with Crippen molar-refractivity contribution >= 4 is 0 Å². The van der Waals surface area contributed by atoms with Gasteiger partial charge in [-0.25, -0.2) is 0 Å². The average molecular weight is 224 g/mol. The van der Waals surface area contributed by atoms with Crippen LogP contribution in [0.3, 0.4) is 0 Å². The third kappa shape index (κ3) is 4.77. The van der Waals surface area contributed by atoms with Crippen LogP contribution >= 0.6 is 0 Å². The van der Waals surface area contributed by atoms with E-state index in [1.54, 1.807) is 0 Å². The Hall–Kier alpha value is -0.870. The van der Waals surface area contributed by atoms with Crippen molar-refractivity contribution < 1.29 is 0 Å². The number of rotatable bonds is 8. The van der Waals surface area contributed by atoms with Gasteiger partial charge in [-0.3, -0.25) is 4.68 Å². The number of nitrogens with one attached hydrogen (secondary N) is 1. The van der Waals surface area contributed by atoms with E-state index in [0.717, 1.165) is 39.3 Å². The van der Waals surface area contributed by atoms with Crippen molar-refractivity contribution in [2.75, 3.05) is 32.7 Å². The van der Waals surface area contributed by atoms with E-state index in [2.05, 4.69) is 42.3 Å². The lowest BCUT2D eigenvalue weighted by molar-refractivity contribution is 0.301. The molecule has 0 aliphatic rings. The molecule has 0 atom stereocenters. The monoisotopic (exact) mass is 224 g/mol. The maximum Gasteiger partial charge on any atom is 0.0534 e. The Morgan fingerprint density at radius 3 is 2.62 bits per heavy atom. The zero-order chi connectivity index (χ0) is 11.8. The van der Waals surface area contributed by atoms with Crippen LogP contribution in [0.4, 0.5) is 0 Å². The van der Waals surface area contributed by atoms with Crippen molar-refractivity contribution in [2.45, 2.75) is 27.3 Å². The first-order valence-corrected chi connectivity index (χ1v) is 6.18. The number of likely N-dealkylation sites (N-methyl/N-ethyl adjacent to an activating group) is 1. The van der Waals surface area contributed by atoms with Crippen molar-refractivity contribution in [1.82, 2.24) is 20.0 Å². The summed E-state index contributed by atoms with van der Waals surface area (Å²) in [5.74, 6) is 0. The molecule has 1 heterocycles. The molecule has 1 rings (SSSR count). The second kappa shape index (κ2) is 7.41. The summed E-state index contributed by atoms with van der Waals surface area (Å²) >= 11 is 0. The number of aromatic nitrogens is 2. The van der Waals surface area contributed by atoms with Gasteiger partial charge in [0.25, 0.3) is 0 Å². The Balaban J connectivity index is 2.04. The zero-order valence-corrected chi connectivity index (χ0v) is 10.7. The van der Waals surface area contributed by atoms with Crippen LogP contribution in [0.2, 0.25) is 0 Å². The third-order valence-electron chi connectivity index (χ3n) is 2.78. The molecule has 0 unspecified atom stereocenters. The molecule has 0 fully saturated rings. The second-order valence-electron chi connectivity index (χ2n) is 4.06. The number of nitrogens with zero attached hydrogens (tertiary/aromatic N) is 3. The first-order chi connectivity index (χ1) is 7.76. The van der Waals surface area contributed by atoms with Gasteiger partial charge >= 0.3 is 0 Å². The van der Waals surface area contributed by atoms with Crippen molar-refractivity contribution in [1.29, 1.82) is 0 Å². The van der Waals surface area contributed by atoms with Crippen LogP contribution in [0.5, 0.6) is 0 Å². The predicted octanol–water partition coefficient (Wildman–Crippen LogP) is 1.12. The van der Waals surface area contributed by atoms with Gasteiger partial charge in [0.05, 0.1) is 12.7 Å². The van der Waals surface area contributed by atoms with Crippen LogP contribution in [-0.4, -0.2) is 47.4 Å². The van der Waals surface area contributed by atoms with Crippen molar-refractivity contribution in [2.24, 2.45) is 0 Å². The Bertz CT molecular complexity index is 278. The van der Waals surface area contributed by atoms with Gasteiger partial charge in [0.15, 0.2) is 0 Å². The highest BCUT2D eigenvalue weighted by Gasteiger charge is 1.97. The lowest BCUT2D eigenvalue weighted by Gasteiger charge is -2.17. The summed E-state index contributed by atoms with van der Waals surface area (Å²) in [5, 5.41) is 7.69. The summed E-state index contributed by atoms with van der Waals surface area (Å²) in [6.45, 7) is 12.9. The lowest BCUT2D eigenvalue weighted by atomic mass is 10.4. The van der Waals surface area contributed by atoms with Gasteiger partial charge in [0.2, 0.25) is 0 Å². The summed E-state index contributed by atoms with van der Waals surface area (Å²) in [5.41, 5.74) is 1.23. The van der Waals surface area contributed by atoms with E-state index in [-0.39, 0.29) is 0 Å². The van der Waals surface area contributed by atoms with E-state index in [0.29, 0.717) is 0 Å². The Kier molecular flexibility index (Phi) is 6.11. The molecule has 16 heavy (non-hydrogen) atoms. The van der Waals surface area contributed by atoms with Gasteiger partial charge in [-0.2, -0.15) is 5.10 Å². The molecule has 0 radical (unpaired) electrons. The van der Waals surface area contributed by atoms with E-state index < -0.39 is 0 Å². The minimum atomic E-state index is 0.950. The highest BCUT2D eigenvalue weighted by atomic mass is 15.3. The minimum Gasteiger partial charge on any atom is -0.314 e. The molecule has 0 aliphatic carbocycles. The van der Waals surface area contributed by atoms with Crippen LogP contribution in [-0.2, 0) is 6.54 Å². The fourth-order valence-corrected chi connectivity index (χ4v) is 1.68. The maximum atomic E-state index is 4.25. The summed E-state index contributed by atoms with van der Waals surface area (Å²) in [4.78, 5) is 2.42. The smallest absolute Gasteiger partial charge is 0.0534 e. The van der Waals surface area contributed by atoms with Crippen molar-refractivity contribution in [3.8, 4) is 0 Å². The van der Waals surface area contributed by atoms with Crippen LogP contribution in [0.15, 0.2) is 12.4 Å². The Labute approximate surface area is 98.6 Å². The molecule has 1 aromatic heterocycles. The van der Waals surface area contributed by atoms with Crippen LogP contribution < -0.4 is 5.32 Å². The molecule has 0 saturated carbocycles. The third-order valence-corrected chi connectivity index (χ3v) is 2.78.